The summed E-state index contributed by atoms with van der Waals surface area (Å²) in [7, 11) is 1.42. The van der Waals surface area contributed by atoms with Crippen LogP contribution < -0.4 is 4.74 Å². The summed E-state index contributed by atoms with van der Waals surface area (Å²) in [6.45, 7) is 0. The minimum absolute atomic E-state index is 0.0441. The first kappa shape index (κ1) is 11.2. The monoisotopic (exact) mass is 233 g/mol. The SMILES string of the molecule is COc1nc2c(O)cccc2cc1CC(=O)O. The lowest BCUT2D eigenvalue weighted by molar-refractivity contribution is -0.136. The van der Waals surface area contributed by atoms with Gasteiger partial charge >= 0.3 is 5.97 Å². The highest BCUT2D eigenvalue weighted by Gasteiger charge is 2.12. The van der Waals surface area contributed by atoms with E-state index in [1.54, 1.807) is 18.2 Å². The molecule has 5 heteroatoms. The van der Waals surface area contributed by atoms with Gasteiger partial charge in [-0.05, 0) is 12.1 Å². The van der Waals surface area contributed by atoms with Gasteiger partial charge in [-0.25, -0.2) is 4.98 Å². The second kappa shape index (κ2) is 4.29. The lowest BCUT2D eigenvalue weighted by Crippen LogP contribution is -2.03. The van der Waals surface area contributed by atoms with E-state index in [2.05, 4.69) is 4.98 Å². The van der Waals surface area contributed by atoms with E-state index in [4.69, 9.17) is 9.84 Å². The van der Waals surface area contributed by atoms with Crippen molar-refractivity contribution in [3.63, 3.8) is 0 Å². The predicted molar refractivity (Wildman–Crippen MR) is 61.3 cm³/mol. The lowest BCUT2D eigenvalue weighted by Gasteiger charge is -2.08. The van der Waals surface area contributed by atoms with E-state index < -0.39 is 5.97 Å². The molecule has 0 amide bonds. The number of ether oxygens (including phenoxy) is 1. The number of carboxylic acids is 1. The van der Waals surface area contributed by atoms with Crippen LogP contribution in [0, 0.1) is 0 Å². The van der Waals surface area contributed by atoms with Gasteiger partial charge in [0, 0.05) is 10.9 Å². The maximum absolute atomic E-state index is 10.7. The maximum atomic E-state index is 10.7. The van der Waals surface area contributed by atoms with Crippen LogP contribution in [0.25, 0.3) is 10.9 Å². The number of pyridine rings is 1. The molecule has 0 bridgehead atoms. The number of aromatic nitrogens is 1. The number of aromatic hydroxyl groups is 1. The molecular weight excluding hydrogens is 222 g/mol. The lowest BCUT2D eigenvalue weighted by atomic mass is 10.1. The molecule has 2 rings (SSSR count). The Morgan fingerprint density at radius 1 is 1.47 bits per heavy atom. The van der Waals surface area contributed by atoms with Crippen LogP contribution >= 0.6 is 0 Å². The zero-order chi connectivity index (χ0) is 12.4. The van der Waals surface area contributed by atoms with Gasteiger partial charge < -0.3 is 14.9 Å². The standard InChI is InChI=1S/C12H11NO4/c1-17-12-8(6-10(15)16)5-7-3-2-4-9(14)11(7)13-12/h2-5,14H,6H2,1H3,(H,15,16). The highest BCUT2D eigenvalue weighted by molar-refractivity contribution is 5.86. The van der Waals surface area contributed by atoms with Crippen LogP contribution in [-0.2, 0) is 11.2 Å². The highest BCUT2D eigenvalue weighted by atomic mass is 16.5. The van der Waals surface area contributed by atoms with Crippen LogP contribution in [-0.4, -0.2) is 28.3 Å². The Kier molecular flexibility index (Phi) is 2.82. The van der Waals surface area contributed by atoms with Crippen LogP contribution in [0.15, 0.2) is 24.3 Å². The zero-order valence-electron chi connectivity index (χ0n) is 9.17. The summed E-state index contributed by atoms with van der Waals surface area (Å²) < 4.78 is 5.02. The third-order valence-corrected chi connectivity index (χ3v) is 2.40. The predicted octanol–water partition coefficient (Wildman–Crippen LogP) is 1.58. The number of benzene rings is 1. The summed E-state index contributed by atoms with van der Waals surface area (Å²) in [5.41, 5.74) is 0.886. The topological polar surface area (TPSA) is 79.7 Å². The fourth-order valence-electron chi connectivity index (χ4n) is 1.68. The number of para-hydroxylation sites is 1. The van der Waals surface area contributed by atoms with Gasteiger partial charge in [-0.3, -0.25) is 4.79 Å². The summed E-state index contributed by atoms with van der Waals surface area (Å²) in [6, 6.07) is 6.61. The Morgan fingerprint density at radius 2 is 2.24 bits per heavy atom. The van der Waals surface area contributed by atoms with E-state index in [9.17, 15) is 9.90 Å². The summed E-state index contributed by atoms with van der Waals surface area (Å²) in [5.74, 6) is -0.686. The van der Waals surface area contributed by atoms with Crippen LogP contribution in [0.2, 0.25) is 0 Å². The van der Waals surface area contributed by atoms with Crippen molar-refractivity contribution < 1.29 is 19.7 Å². The largest absolute Gasteiger partial charge is 0.506 e. The molecule has 1 aromatic carbocycles. The van der Waals surface area contributed by atoms with E-state index in [1.807, 2.05) is 0 Å². The van der Waals surface area contributed by atoms with Gasteiger partial charge in [0.05, 0.1) is 13.5 Å². The number of phenolic OH excluding ortho intramolecular Hbond substituents is 1. The van der Waals surface area contributed by atoms with Gasteiger partial charge in [0.25, 0.3) is 0 Å². The normalized spacial score (nSPS) is 10.4. The number of methoxy groups -OCH3 is 1. The number of hydrogen-bond acceptors (Lipinski definition) is 4. The molecule has 0 saturated heterocycles. The Balaban J connectivity index is 2.64. The van der Waals surface area contributed by atoms with Crippen LogP contribution in [0.4, 0.5) is 0 Å². The van der Waals surface area contributed by atoms with Gasteiger partial charge in [-0.15, -0.1) is 0 Å². The molecule has 0 aliphatic carbocycles. The molecule has 0 aliphatic heterocycles. The molecule has 0 radical (unpaired) electrons. The van der Waals surface area contributed by atoms with E-state index in [-0.39, 0.29) is 18.1 Å². The summed E-state index contributed by atoms with van der Waals surface area (Å²) >= 11 is 0. The van der Waals surface area contributed by atoms with Gasteiger partial charge in [-0.2, -0.15) is 0 Å². The fraction of sp³-hybridized carbons (Fsp3) is 0.167. The van der Waals surface area contributed by atoms with Crippen molar-refractivity contribution in [2.45, 2.75) is 6.42 Å². The molecule has 17 heavy (non-hydrogen) atoms. The molecule has 0 fully saturated rings. The number of fused-ring (bicyclic) bond motifs is 1. The molecule has 0 aliphatic rings. The molecule has 2 aromatic rings. The van der Waals surface area contributed by atoms with Crippen LogP contribution in [0.3, 0.4) is 0 Å². The molecular formula is C12H11NO4. The van der Waals surface area contributed by atoms with Gasteiger partial charge in [0.1, 0.15) is 11.3 Å². The second-order valence-corrected chi connectivity index (χ2v) is 3.58. The van der Waals surface area contributed by atoms with Crippen molar-refractivity contribution >= 4 is 16.9 Å². The Morgan fingerprint density at radius 3 is 2.88 bits per heavy atom. The van der Waals surface area contributed by atoms with Gasteiger partial charge in [-0.1, -0.05) is 12.1 Å². The van der Waals surface area contributed by atoms with Crippen molar-refractivity contribution in [1.29, 1.82) is 0 Å². The first-order valence-electron chi connectivity index (χ1n) is 4.99. The van der Waals surface area contributed by atoms with Crippen molar-refractivity contribution in [2.75, 3.05) is 7.11 Å². The number of nitrogens with zero attached hydrogens (tertiary/aromatic N) is 1. The maximum Gasteiger partial charge on any atom is 0.308 e. The van der Waals surface area contributed by atoms with Gasteiger partial charge in [0.2, 0.25) is 5.88 Å². The first-order chi connectivity index (χ1) is 8.11. The van der Waals surface area contributed by atoms with E-state index in [0.717, 1.165) is 0 Å². The molecule has 0 atom stereocenters. The Labute approximate surface area is 97.3 Å². The molecule has 1 aromatic heterocycles. The second-order valence-electron chi connectivity index (χ2n) is 3.58. The Hall–Kier alpha value is -2.30. The smallest absolute Gasteiger partial charge is 0.308 e. The average molecular weight is 233 g/mol. The highest BCUT2D eigenvalue weighted by Crippen LogP contribution is 2.28. The number of hydrogen-bond donors (Lipinski definition) is 2. The van der Waals surface area contributed by atoms with Crippen molar-refractivity contribution in [3.8, 4) is 11.6 Å². The number of rotatable bonds is 3. The van der Waals surface area contributed by atoms with Crippen molar-refractivity contribution in [3.05, 3.63) is 29.8 Å². The molecule has 0 saturated carbocycles. The van der Waals surface area contributed by atoms with Gasteiger partial charge in [0.15, 0.2) is 0 Å². The summed E-state index contributed by atoms with van der Waals surface area (Å²) in [4.78, 5) is 14.8. The number of aliphatic carboxylic acids is 1. The molecule has 0 spiro atoms. The summed E-state index contributed by atoms with van der Waals surface area (Å²) in [6.07, 6.45) is -0.165. The van der Waals surface area contributed by atoms with E-state index in [1.165, 1.54) is 13.2 Å². The average Bonchev–Trinajstić information content (AvgIpc) is 2.28. The number of phenols is 1. The fourth-order valence-corrected chi connectivity index (χ4v) is 1.68. The Bertz CT molecular complexity index is 580. The number of carboxylic acid groups (broad SMARTS) is 1. The first-order valence-corrected chi connectivity index (χ1v) is 4.99. The van der Waals surface area contributed by atoms with Crippen molar-refractivity contribution in [2.24, 2.45) is 0 Å². The summed E-state index contributed by atoms with van der Waals surface area (Å²) in [5, 5.41) is 19.1. The van der Waals surface area contributed by atoms with Crippen molar-refractivity contribution in [1.82, 2.24) is 4.98 Å². The quantitative estimate of drug-likeness (QED) is 0.841. The molecule has 1 heterocycles. The van der Waals surface area contributed by atoms with Crippen LogP contribution in [0.1, 0.15) is 5.56 Å². The minimum atomic E-state index is -0.954. The van der Waals surface area contributed by atoms with Crippen LogP contribution in [0.5, 0.6) is 11.6 Å². The number of carbonyl (C=O) groups is 1. The molecule has 5 nitrogen and oxygen atoms in total. The molecule has 2 N–H and O–H groups in total. The molecule has 88 valence electrons. The van der Waals surface area contributed by atoms with E-state index in [0.29, 0.717) is 16.5 Å². The zero-order valence-corrected chi connectivity index (χ0v) is 9.17. The molecule has 0 unspecified atom stereocenters. The van der Waals surface area contributed by atoms with E-state index >= 15 is 0 Å². The third kappa shape index (κ3) is 2.13. The minimum Gasteiger partial charge on any atom is -0.506 e. The third-order valence-electron chi connectivity index (χ3n) is 2.40.